The first-order chi connectivity index (χ1) is 9.81. The summed E-state index contributed by atoms with van der Waals surface area (Å²) in [7, 11) is 1.57. The van der Waals surface area contributed by atoms with Crippen molar-refractivity contribution in [3.8, 4) is 5.75 Å². The number of hydrogen-bond donors (Lipinski definition) is 1. The molecule has 2 rings (SSSR count). The molecule has 1 atom stereocenters. The van der Waals surface area contributed by atoms with Gasteiger partial charge in [-0.1, -0.05) is 12.1 Å². The first-order valence-electron chi connectivity index (χ1n) is 7.07. The van der Waals surface area contributed by atoms with Gasteiger partial charge in [0.1, 0.15) is 5.75 Å². The second kappa shape index (κ2) is 5.76. The Morgan fingerprint density at radius 2 is 2.00 bits per heavy atom. The van der Waals surface area contributed by atoms with Gasteiger partial charge in [0, 0.05) is 18.5 Å². The minimum Gasteiger partial charge on any atom is -0.495 e. The van der Waals surface area contributed by atoms with Gasteiger partial charge in [-0.2, -0.15) is 0 Å². The molecule has 0 saturated carbocycles. The summed E-state index contributed by atoms with van der Waals surface area (Å²) in [5.41, 5.74) is 0.425. The van der Waals surface area contributed by atoms with Gasteiger partial charge < -0.3 is 15.0 Å². The van der Waals surface area contributed by atoms with E-state index in [2.05, 4.69) is 5.32 Å². The highest BCUT2D eigenvalue weighted by Gasteiger charge is 2.37. The summed E-state index contributed by atoms with van der Waals surface area (Å²) in [6.07, 6.45) is 0.236. The second-order valence-electron chi connectivity index (χ2n) is 6.32. The molecule has 2 amide bonds. The lowest BCUT2D eigenvalue weighted by atomic mass is 10.0. The van der Waals surface area contributed by atoms with Crippen LogP contribution in [0.3, 0.4) is 0 Å². The molecular weight excluding hydrogens is 268 g/mol. The lowest BCUT2D eigenvalue weighted by Gasteiger charge is -2.23. The fourth-order valence-electron chi connectivity index (χ4n) is 2.44. The van der Waals surface area contributed by atoms with E-state index in [0.717, 1.165) is 5.69 Å². The van der Waals surface area contributed by atoms with Crippen molar-refractivity contribution >= 4 is 17.5 Å². The van der Waals surface area contributed by atoms with Crippen LogP contribution in [-0.2, 0) is 9.59 Å². The van der Waals surface area contributed by atoms with Gasteiger partial charge in [-0.3, -0.25) is 9.59 Å². The van der Waals surface area contributed by atoms with Crippen molar-refractivity contribution in [3.05, 3.63) is 24.3 Å². The molecule has 5 heteroatoms. The summed E-state index contributed by atoms with van der Waals surface area (Å²) in [6, 6.07) is 7.35. The van der Waals surface area contributed by atoms with Gasteiger partial charge >= 0.3 is 0 Å². The molecule has 1 aromatic rings. The Morgan fingerprint density at radius 1 is 1.33 bits per heavy atom. The standard InChI is InChI=1S/C16H22N2O3/c1-16(2,3)17-15(20)11-9-14(19)18(10-11)12-7-5-6-8-13(12)21-4/h5-8,11H,9-10H2,1-4H3,(H,17,20)/t11-/m1/s1. The summed E-state index contributed by atoms with van der Waals surface area (Å²) in [5.74, 6) is 0.200. The van der Waals surface area contributed by atoms with Crippen molar-refractivity contribution in [2.24, 2.45) is 5.92 Å². The molecule has 1 heterocycles. The predicted molar refractivity (Wildman–Crippen MR) is 81.3 cm³/mol. The summed E-state index contributed by atoms with van der Waals surface area (Å²) >= 11 is 0. The third-order valence-corrected chi connectivity index (χ3v) is 3.37. The average molecular weight is 290 g/mol. The molecule has 0 spiro atoms. The van der Waals surface area contributed by atoms with Crippen LogP contribution in [0.2, 0.25) is 0 Å². The van der Waals surface area contributed by atoms with Crippen LogP contribution >= 0.6 is 0 Å². The molecule has 1 aliphatic heterocycles. The second-order valence-corrected chi connectivity index (χ2v) is 6.32. The molecule has 1 aliphatic rings. The van der Waals surface area contributed by atoms with Crippen LogP contribution in [0.4, 0.5) is 5.69 Å². The number of amides is 2. The van der Waals surface area contributed by atoms with Crippen LogP contribution in [0.15, 0.2) is 24.3 Å². The lowest BCUT2D eigenvalue weighted by molar-refractivity contribution is -0.127. The Labute approximate surface area is 125 Å². The number of nitrogens with zero attached hydrogens (tertiary/aromatic N) is 1. The van der Waals surface area contributed by atoms with Gasteiger partial charge in [-0.25, -0.2) is 0 Å². The third-order valence-electron chi connectivity index (χ3n) is 3.37. The Hall–Kier alpha value is -2.04. The minimum atomic E-state index is -0.318. The Morgan fingerprint density at radius 3 is 2.62 bits per heavy atom. The van der Waals surface area contributed by atoms with Gasteiger partial charge in [0.2, 0.25) is 11.8 Å². The Balaban J connectivity index is 2.15. The molecule has 1 aromatic carbocycles. The molecule has 1 saturated heterocycles. The number of methoxy groups -OCH3 is 1. The molecule has 0 aliphatic carbocycles. The van der Waals surface area contributed by atoms with Crippen molar-refractivity contribution in [1.29, 1.82) is 0 Å². The zero-order valence-electron chi connectivity index (χ0n) is 13.0. The fraction of sp³-hybridized carbons (Fsp3) is 0.500. The minimum absolute atomic E-state index is 0.0476. The lowest BCUT2D eigenvalue weighted by Crippen LogP contribution is -2.44. The zero-order valence-corrected chi connectivity index (χ0v) is 13.0. The highest BCUT2D eigenvalue weighted by molar-refractivity contribution is 6.01. The number of carbonyl (C=O) groups excluding carboxylic acids is 2. The largest absolute Gasteiger partial charge is 0.495 e. The normalized spacial score (nSPS) is 18.8. The predicted octanol–water partition coefficient (Wildman–Crippen LogP) is 1.96. The van der Waals surface area contributed by atoms with E-state index in [4.69, 9.17) is 4.74 Å². The Kier molecular flexibility index (Phi) is 4.21. The van der Waals surface area contributed by atoms with E-state index in [1.165, 1.54) is 0 Å². The number of benzene rings is 1. The van der Waals surface area contributed by atoms with Gasteiger partial charge in [0.25, 0.3) is 0 Å². The number of nitrogens with one attached hydrogen (secondary N) is 1. The molecule has 0 bridgehead atoms. The molecule has 114 valence electrons. The van der Waals surface area contributed by atoms with E-state index in [1.807, 2.05) is 45.0 Å². The van der Waals surface area contributed by atoms with E-state index in [1.54, 1.807) is 12.0 Å². The quantitative estimate of drug-likeness (QED) is 0.926. The van der Waals surface area contributed by atoms with E-state index in [0.29, 0.717) is 12.3 Å². The first kappa shape index (κ1) is 15.4. The highest BCUT2D eigenvalue weighted by atomic mass is 16.5. The maximum atomic E-state index is 12.2. The fourth-order valence-corrected chi connectivity index (χ4v) is 2.44. The number of ether oxygens (including phenoxy) is 1. The number of para-hydroxylation sites is 2. The van der Waals surface area contributed by atoms with Crippen molar-refractivity contribution in [3.63, 3.8) is 0 Å². The van der Waals surface area contributed by atoms with Crippen molar-refractivity contribution < 1.29 is 14.3 Å². The van der Waals surface area contributed by atoms with E-state index >= 15 is 0 Å². The Bertz CT molecular complexity index is 549. The monoisotopic (exact) mass is 290 g/mol. The van der Waals surface area contributed by atoms with E-state index in [-0.39, 0.29) is 29.7 Å². The number of hydrogen-bond acceptors (Lipinski definition) is 3. The molecule has 5 nitrogen and oxygen atoms in total. The summed E-state index contributed by atoms with van der Waals surface area (Å²) in [4.78, 5) is 26.1. The van der Waals surface area contributed by atoms with Gasteiger partial charge in [0.05, 0.1) is 18.7 Å². The van der Waals surface area contributed by atoms with Crippen LogP contribution in [0.5, 0.6) is 5.75 Å². The van der Waals surface area contributed by atoms with Crippen LogP contribution in [0.1, 0.15) is 27.2 Å². The smallest absolute Gasteiger partial charge is 0.227 e. The summed E-state index contributed by atoms with van der Waals surface area (Å²) in [5, 5.41) is 2.93. The summed E-state index contributed by atoms with van der Waals surface area (Å²) < 4.78 is 5.29. The summed E-state index contributed by atoms with van der Waals surface area (Å²) in [6.45, 7) is 6.18. The number of anilines is 1. The molecule has 0 aromatic heterocycles. The van der Waals surface area contributed by atoms with Crippen LogP contribution in [0.25, 0.3) is 0 Å². The molecular formula is C16H22N2O3. The van der Waals surface area contributed by atoms with Crippen LogP contribution in [-0.4, -0.2) is 31.0 Å². The maximum Gasteiger partial charge on any atom is 0.227 e. The highest BCUT2D eigenvalue weighted by Crippen LogP contribution is 2.32. The van der Waals surface area contributed by atoms with E-state index < -0.39 is 0 Å². The SMILES string of the molecule is COc1ccccc1N1C[C@H](C(=O)NC(C)(C)C)CC1=O. The van der Waals surface area contributed by atoms with Gasteiger partial charge in [0.15, 0.2) is 0 Å². The molecule has 0 unspecified atom stereocenters. The van der Waals surface area contributed by atoms with Crippen LogP contribution in [0, 0.1) is 5.92 Å². The molecule has 21 heavy (non-hydrogen) atoms. The van der Waals surface area contributed by atoms with Crippen LogP contribution < -0.4 is 15.0 Å². The molecule has 0 radical (unpaired) electrons. The number of carbonyl (C=O) groups is 2. The maximum absolute atomic E-state index is 12.2. The number of rotatable bonds is 3. The average Bonchev–Trinajstić information content (AvgIpc) is 2.79. The molecule has 1 fully saturated rings. The first-order valence-corrected chi connectivity index (χ1v) is 7.07. The zero-order chi connectivity index (χ0) is 15.6. The van der Waals surface area contributed by atoms with Crippen molar-refractivity contribution in [1.82, 2.24) is 5.32 Å². The van der Waals surface area contributed by atoms with Crippen molar-refractivity contribution in [2.45, 2.75) is 32.7 Å². The third kappa shape index (κ3) is 3.54. The van der Waals surface area contributed by atoms with E-state index in [9.17, 15) is 9.59 Å². The van der Waals surface area contributed by atoms with Gasteiger partial charge in [-0.15, -0.1) is 0 Å². The van der Waals surface area contributed by atoms with Crippen molar-refractivity contribution in [2.75, 3.05) is 18.6 Å². The van der Waals surface area contributed by atoms with Gasteiger partial charge in [-0.05, 0) is 32.9 Å². The topological polar surface area (TPSA) is 58.6 Å². The molecule has 1 N–H and O–H groups in total.